The molecule has 0 radical (unpaired) electrons. The first-order valence-corrected chi connectivity index (χ1v) is 9.40. The zero-order valence-corrected chi connectivity index (χ0v) is 17.0. The average molecular weight is 400 g/mol. The SMILES string of the molecule is COc1cc(Nc2cc3cc(OC4CCNCC4)ccc3cn2)ccc1C.Cl. The number of hydrogen-bond acceptors (Lipinski definition) is 5. The minimum Gasteiger partial charge on any atom is -0.496 e. The number of rotatable bonds is 5. The van der Waals surface area contributed by atoms with E-state index in [9.17, 15) is 0 Å². The second-order valence-corrected chi connectivity index (χ2v) is 6.96. The second-order valence-electron chi connectivity index (χ2n) is 6.96. The summed E-state index contributed by atoms with van der Waals surface area (Å²) >= 11 is 0. The minimum atomic E-state index is 0. The summed E-state index contributed by atoms with van der Waals surface area (Å²) in [6.45, 7) is 4.08. The average Bonchev–Trinajstić information content (AvgIpc) is 2.70. The van der Waals surface area contributed by atoms with E-state index in [0.717, 1.165) is 65.3 Å². The molecule has 0 aliphatic carbocycles. The van der Waals surface area contributed by atoms with Crippen LogP contribution in [0.4, 0.5) is 11.5 Å². The summed E-state index contributed by atoms with van der Waals surface area (Å²) in [7, 11) is 1.68. The number of halogens is 1. The van der Waals surface area contributed by atoms with Crippen LogP contribution < -0.4 is 20.1 Å². The summed E-state index contributed by atoms with van der Waals surface area (Å²) in [6.07, 6.45) is 4.28. The molecule has 1 aromatic heterocycles. The normalized spacial score (nSPS) is 14.4. The van der Waals surface area contributed by atoms with Crippen molar-refractivity contribution in [2.45, 2.75) is 25.9 Å². The van der Waals surface area contributed by atoms with Crippen LogP contribution in [0.2, 0.25) is 0 Å². The van der Waals surface area contributed by atoms with Crippen molar-refractivity contribution in [3.63, 3.8) is 0 Å². The monoisotopic (exact) mass is 399 g/mol. The van der Waals surface area contributed by atoms with Crippen molar-refractivity contribution in [1.82, 2.24) is 10.3 Å². The predicted molar refractivity (Wildman–Crippen MR) is 117 cm³/mol. The standard InChI is InChI=1S/C22H25N3O2.ClH/c1-15-3-5-18(13-21(15)26-2)25-22-12-17-11-20(6-4-16(17)14-24-22)27-19-7-9-23-10-8-19;/h3-6,11-14,19,23H,7-10H2,1-2H3,(H,24,25);1H. The highest BCUT2D eigenvalue weighted by molar-refractivity contribution is 5.86. The number of benzene rings is 2. The van der Waals surface area contributed by atoms with Crippen molar-refractivity contribution in [3.8, 4) is 11.5 Å². The van der Waals surface area contributed by atoms with Crippen molar-refractivity contribution in [1.29, 1.82) is 0 Å². The maximum atomic E-state index is 6.17. The van der Waals surface area contributed by atoms with Crippen LogP contribution in [0.15, 0.2) is 48.7 Å². The number of nitrogens with zero attached hydrogens (tertiary/aromatic N) is 1. The fourth-order valence-electron chi connectivity index (χ4n) is 3.41. The van der Waals surface area contributed by atoms with Gasteiger partial charge in [0.25, 0.3) is 0 Å². The molecule has 3 aromatic rings. The topological polar surface area (TPSA) is 55.4 Å². The van der Waals surface area contributed by atoms with E-state index in [-0.39, 0.29) is 12.4 Å². The number of aromatic nitrogens is 1. The Morgan fingerprint density at radius 1 is 1.04 bits per heavy atom. The molecule has 0 amide bonds. The molecule has 2 heterocycles. The maximum Gasteiger partial charge on any atom is 0.130 e. The molecule has 1 aliphatic rings. The lowest BCUT2D eigenvalue weighted by atomic mass is 10.1. The van der Waals surface area contributed by atoms with Gasteiger partial charge in [-0.05, 0) is 74.1 Å². The van der Waals surface area contributed by atoms with Crippen molar-refractivity contribution < 1.29 is 9.47 Å². The van der Waals surface area contributed by atoms with Gasteiger partial charge in [-0.1, -0.05) is 6.07 Å². The Labute approximate surface area is 171 Å². The van der Waals surface area contributed by atoms with Gasteiger partial charge in [-0.3, -0.25) is 0 Å². The van der Waals surface area contributed by atoms with Crippen LogP contribution in [0.5, 0.6) is 11.5 Å². The minimum absolute atomic E-state index is 0. The van der Waals surface area contributed by atoms with E-state index < -0.39 is 0 Å². The number of nitrogens with one attached hydrogen (secondary N) is 2. The van der Waals surface area contributed by atoms with Crippen molar-refractivity contribution >= 4 is 34.7 Å². The summed E-state index contributed by atoms with van der Waals surface area (Å²) in [6, 6.07) is 14.3. The van der Waals surface area contributed by atoms with E-state index >= 15 is 0 Å². The summed E-state index contributed by atoms with van der Waals surface area (Å²) in [5.74, 6) is 2.58. The highest BCUT2D eigenvalue weighted by Gasteiger charge is 2.14. The summed E-state index contributed by atoms with van der Waals surface area (Å²) < 4.78 is 11.6. The van der Waals surface area contributed by atoms with E-state index in [1.54, 1.807) is 7.11 Å². The second kappa shape index (κ2) is 9.13. The van der Waals surface area contributed by atoms with Crippen LogP contribution >= 0.6 is 12.4 Å². The van der Waals surface area contributed by atoms with Crippen LogP contribution in [-0.4, -0.2) is 31.3 Å². The highest BCUT2D eigenvalue weighted by Crippen LogP contribution is 2.27. The first kappa shape index (κ1) is 20.2. The molecule has 4 rings (SSSR count). The Morgan fingerprint density at radius 3 is 2.64 bits per heavy atom. The van der Waals surface area contributed by atoms with Gasteiger partial charge >= 0.3 is 0 Å². The number of aryl methyl sites for hydroxylation is 1. The molecule has 2 aromatic carbocycles. The molecule has 1 saturated heterocycles. The smallest absolute Gasteiger partial charge is 0.130 e. The molecule has 0 spiro atoms. The third kappa shape index (κ3) is 4.66. The molecule has 0 saturated carbocycles. The quantitative estimate of drug-likeness (QED) is 0.642. The number of pyridine rings is 1. The van der Waals surface area contributed by atoms with Crippen LogP contribution in [-0.2, 0) is 0 Å². The van der Waals surface area contributed by atoms with Gasteiger partial charge in [-0.15, -0.1) is 12.4 Å². The fraction of sp³-hybridized carbons (Fsp3) is 0.318. The zero-order chi connectivity index (χ0) is 18.6. The first-order chi connectivity index (χ1) is 13.2. The van der Waals surface area contributed by atoms with E-state index in [4.69, 9.17) is 9.47 Å². The number of hydrogen-bond donors (Lipinski definition) is 2. The molecule has 5 nitrogen and oxygen atoms in total. The number of fused-ring (bicyclic) bond motifs is 1. The molecule has 148 valence electrons. The van der Waals surface area contributed by atoms with Gasteiger partial charge in [0, 0.05) is 23.3 Å². The molecule has 28 heavy (non-hydrogen) atoms. The van der Waals surface area contributed by atoms with Gasteiger partial charge in [0.15, 0.2) is 0 Å². The van der Waals surface area contributed by atoms with Crippen LogP contribution in [0.1, 0.15) is 18.4 Å². The highest BCUT2D eigenvalue weighted by atomic mass is 35.5. The third-order valence-corrected chi connectivity index (χ3v) is 4.96. The van der Waals surface area contributed by atoms with Crippen molar-refractivity contribution in [2.24, 2.45) is 0 Å². The van der Waals surface area contributed by atoms with E-state index in [2.05, 4.69) is 33.8 Å². The maximum absolute atomic E-state index is 6.17. The Bertz CT molecular complexity index is 942. The zero-order valence-electron chi connectivity index (χ0n) is 16.2. The van der Waals surface area contributed by atoms with Gasteiger partial charge in [0.2, 0.25) is 0 Å². The lowest BCUT2D eigenvalue weighted by molar-refractivity contribution is 0.162. The van der Waals surface area contributed by atoms with Gasteiger partial charge in [-0.25, -0.2) is 4.98 Å². The van der Waals surface area contributed by atoms with Crippen LogP contribution in [0.25, 0.3) is 10.8 Å². The molecule has 1 fully saturated rings. The van der Waals surface area contributed by atoms with Crippen LogP contribution in [0, 0.1) is 6.92 Å². The van der Waals surface area contributed by atoms with E-state index in [1.165, 1.54) is 0 Å². The number of anilines is 2. The van der Waals surface area contributed by atoms with Crippen molar-refractivity contribution in [3.05, 3.63) is 54.2 Å². The molecule has 0 unspecified atom stereocenters. The molecule has 1 aliphatic heterocycles. The van der Waals surface area contributed by atoms with Gasteiger partial charge in [0.1, 0.15) is 23.4 Å². The van der Waals surface area contributed by atoms with Crippen molar-refractivity contribution in [2.75, 3.05) is 25.5 Å². The molecule has 6 heteroatoms. The Morgan fingerprint density at radius 2 is 1.86 bits per heavy atom. The largest absolute Gasteiger partial charge is 0.496 e. The van der Waals surface area contributed by atoms with E-state index in [1.807, 2.05) is 37.4 Å². The third-order valence-electron chi connectivity index (χ3n) is 4.96. The molecular formula is C22H26ClN3O2. The number of piperidine rings is 1. The summed E-state index contributed by atoms with van der Waals surface area (Å²) in [5, 5.41) is 8.93. The first-order valence-electron chi connectivity index (χ1n) is 9.40. The number of methoxy groups -OCH3 is 1. The fourth-order valence-corrected chi connectivity index (χ4v) is 3.41. The Balaban J connectivity index is 0.00000225. The lowest BCUT2D eigenvalue weighted by Gasteiger charge is -2.24. The van der Waals surface area contributed by atoms with Gasteiger partial charge < -0.3 is 20.1 Å². The van der Waals surface area contributed by atoms with Gasteiger partial charge in [-0.2, -0.15) is 0 Å². The molecule has 0 atom stereocenters. The van der Waals surface area contributed by atoms with Crippen LogP contribution in [0.3, 0.4) is 0 Å². The molecule has 0 bridgehead atoms. The van der Waals surface area contributed by atoms with E-state index in [0.29, 0.717) is 6.10 Å². The summed E-state index contributed by atoms with van der Waals surface area (Å²) in [4.78, 5) is 4.52. The Kier molecular flexibility index (Phi) is 6.60. The lowest BCUT2D eigenvalue weighted by Crippen LogP contribution is -2.34. The molecular weight excluding hydrogens is 374 g/mol. The number of ether oxygens (including phenoxy) is 2. The van der Waals surface area contributed by atoms with Gasteiger partial charge in [0.05, 0.1) is 7.11 Å². The summed E-state index contributed by atoms with van der Waals surface area (Å²) in [5.41, 5.74) is 2.06. The molecule has 2 N–H and O–H groups in total. The predicted octanol–water partition coefficient (Wildman–Crippen LogP) is 4.85. The Hall–Kier alpha value is -2.50.